The van der Waals surface area contributed by atoms with Crippen molar-refractivity contribution in [1.82, 2.24) is 10.2 Å². The molecule has 4 nitrogen and oxygen atoms in total. The minimum atomic E-state index is -0.0268. The van der Waals surface area contributed by atoms with Crippen molar-refractivity contribution in [2.45, 2.75) is 64.1 Å². The van der Waals surface area contributed by atoms with Gasteiger partial charge in [0.25, 0.3) is 0 Å². The second-order valence-electron chi connectivity index (χ2n) is 7.05. The Morgan fingerprint density at radius 2 is 1.96 bits per heavy atom. The topological polar surface area (TPSA) is 49.4 Å². The van der Waals surface area contributed by atoms with Crippen LogP contribution in [0.3, 0.4) is 0 Å². The van der Waals surface area contributed by atoms with Gasteiger partial charge in [-0.25, -0.2) is 0 Å². The van der Waals surface area contributed by atoms with Crippen LogP contribution < -0.4 is 5.32 Å². The summed E-state index contributed by atoms with van der Waals surface area (Å²) in [4.78, 5) is 27.0. The smallest absolute Gasteiger partial charge is 0.225 e. The van der Waals surface area contributed by atoms with Crippen LogP contribution in [0.4, 0.5) is 0 Å². The van der Waals surface area contributed by atoms with Crippen molar-refractivity contribution in [2.75, 3.05) is 0 Å². The maximum absolute atomic E-state index is 12.9. The Morgan fingerprint density at radius 1 is 1.22 bits per heavy atom. The van der Waals surface area contributed by atoms with Crippen LogP contribution in [0, 0.1) is 5.92 Å². The zero-order valence-corrected chi connectivity index (χ0v) is 14.0. The Hall–Kier alpha value is -1.84. The van der Waals surface area contributed by atoms with E-state index in [9.17, 15) is 9.59 Å². The molecule has 2 aliphatic heterocycles. The number of carbonyl (C=O) groups excluding carboxylic acids is 2. The highest BCUT2D eigenvalue weighted by Crippen LogP contribution is 2.40. The molecule has 1 N–H and O–H groups in total. The molecule has 2 saturated heterocycles. The van der Waals surface area contributed by atoms with Crippen molar-refractivity contribution in [3.63, 3.8) is 0 Å². The van der Waals surface area contributed by atoms with E-state index < -0.39 is 0 Å². The van der Waals surface area contributed by atoms with Gasteiger partial charge in [-0.05, 0) is 24.8 Å². The summed E-state index contributed by atoms with van der Waals surface area (Å²) < 4.78 is 0. The van der Waals surface area contributed by atoms with Gasteiger partial charge in [-0.3, -0.25) is 9.59 Å². The van der Waals surface area contributed by atoms with Gasteiger partial charge >= 0.3 is 0 Å². The summed E-state index contributed by atoms with van der Waals surface area (Å²) in [6.07, 6.45) is 4.33. The maximum atomic E-state index is 12.9. The number of nitrogens with one attached hydrogen (secondary N) is 1. The van der Waals surface area contributed by atoms with Gasteiger partial charge in [-0.1, -0.05) is 50.6 Å². The van der Waals surface area contributed by atoms with E-state index in [1.165, 1.54) is 5.56 Å². The molecule has 2 heterocycles. The second kappa shape index (κ2) is 6.73. The molecule has 0 bridgehead atoms. The fourth-order valence-corrected chi connectivity index (χ4v) is 3.94. The second-order valence-corrected chi connectivity index (χ2v) is 7.05. The van der Waals surface area contributed by atoms with E-state index in [-0.39, 0.29) is 35.9 Å². The average Bonchev–Trinajstić information content (AvgIpc) is 2.87. The lowest BCUT2D eigenvalue weighted by molar-refractivity contribution is -0.138. The van der Waals surface area contributed by atoms with Crippen LogP contribution in [0.15, 0.2) is 30.3 Å². The van der Waals surface area contributed by atoms with Crippen LogP contribution in [0.5, 0.6) is 0 Å². The normalized spacial score (nSPS) is 28.0. The van der Waals surface area contributed by atoms with Crippen molar-refractivity contribution in [1.29, 1.82) is 0 Å². The number of carbonyl (C=O) groups is 2. The third-order valence-electron chi connectivity index (χ3n) is 5.07. The Kier molecular flexibility index (Phi) is 4.69. The molecule has 1 aromatic carbocycles. The van der Waals surface area contributed by atoms with E-state index >= 15 is 0 Å². The Labute approximate surface area is 138 Å². The summed E-state index contributed by atoms with van der Waals surface area (Å²) in [5.74, 6) is 0.299. The predicted octanol–water partition coefficient (Wildman–Crippen LogP) is 3.04. The molecule has 3 atom stereocenters. The van der Waals surface area contributed by atoms with E-state index in [2.05, 4.69) is 22.3 Å². The van der Waals surface area contributed by atoms with E-state index in [0.717, 1.165) is 25.7 Å². The summed E-state index contributed by atoms with van der Waals surface area (Å²) >= 11 is 0. The summed E-state index contributed by atoms with van der Waals surface area (Å²) in [7, 11) is 0. The number of nitrogens with zero attached hydrogens (tertiary/aromatic N) is 1. The molecule has 0 aliphatic carbocycles. The number of hydrogen-bond donors (Lipinski definition) is 1. The molecule has 2 fully saturated rings. The van der Waals surface area contributed by atoms with Crippen molar-refractivity contribution < 1.29 is 9.59 Å². The van der Waals surface area contributed by atoms with Crippen molar-refractivity contribution >= 4 is 11.8 Å². The SMILES string of the molecule is CC(C)C(=O)N1[C@H](c2ccccc2)C[C@H]2NC(=O)CCCC[C@@H]21. The summed E-state index contributed by atoms with van der Waals surface area (Å²) in [5, 5.41) is 3.17. The third-order valence-corrected chi connectivity index (χ3v) is 5.07. The summed E-state index contributed by atoms with van der Waals surface area (Å²) in [5.41, 5.74) is 1.17. The van der Waals surface area contributed by atoms with E-state index in [1.807, 2.05) is 32.0 Å². The van der Waals surface area contributed by atoms with Crippen molar-refractivity contribution in [3.8, 4) is 0 Å². The molecular formula is C19H26N2O2. The van der Waals surface area contributed by atoms with Gasteiger partial charge in [-0.15, -0.1) is 0 Å². The molecule has 4 heteroatoms. The Balaban J connectivity index is 1.94. The van der Waals surface area contributed by atoms with E-state index in [4.69, 9.17) is 0 Å². The van der Waals surface area contributed by atoms with Gasteiger partial charge in [0.05, 0.1) is 18.1 Å². The first-order chi connectivity index (χ1) is 11.1. The van der Waals surface area contributed by atoms with Crippen LogP contribution in [-0.4, -0.2) is 28.8 Å². The fraction of sp³-hybridized carbons (Fsp3) is 0.579. The number of likely N-dealkylation sites (tertiary alicyclic amines) is 1. The largest absolute Gasteiger partial charge is 0.351 e. The minimum Gasteiger partial charge on any atom is -0.351 e. The molecule has 124 valence electrons. The number of rotatable bonds is 2. The van der Waals surface area contributed by atoms with Crippen LogP contribution in [0.2, 0.25) is 0 Å². The first-order valence-corrected chi connectivity index (χ1v) is 8.74. The molecule has 2 amide bonds. The number of benzene rings is 1. The highest BCUT2D eigenvalue weighted by molar-refractivity contribution is 5.80. The lowest BCUT2D eigenvalue weighted by atomic mass is 9.97. The quantitative estimate of drug-likeness (QED) is 0.912. The summed E-state index contributed by atoms with van der Waals surface area (Å²) in [6, 6.07) is 10.5. The lowest BCUT2D eigenvalue weighted by Crippen LogP contribution is -2.48. The molecule has 23 heavy (non-hydrogen) atoms. The molecule has 0 saturated carbocycles. The molecule has 0 aromatic heterocycles. The van der Waals surface area contributed by atoms with E-state index in [0.29, 0.717) is 6.42 Å². The maximum Gasteiger partial charge on any atom is 0.225 e. The predicted molar refractivity (Wildman–Crippen MR) is 89.7 cm³/mol. The van der Waals surface area contributed by atoms with Crippen molar-refractivity contribution in [2.24, 2.45) is 5.92 Å². The average molecular weight is 314 g/mol. The highest BCUT2D eigenvalue weighted by Gasteiger charge is 2.45. The molecular weight excluding hydrogens is 288 g/mol. The Morgan fingerprint density at radius 3 is 2.65 bits per heavy atom. The zero-order chi connectivity index (χ0) is 16.4. The highest BCUT2D eigenvalue weighted by atomic mass is 16.2. The van der Waals surface area contributed by atoms with Gasteiger partial charge in [0.1, 0.15) is 0 Å². The standard InChI is InChI=1S/C19H26N2O2/c1-13(2)19(23)21-16-10-6-7-11-18(22)20-15(16)12-17(21)14-8-4-3-5-9-14/h3-5,8-9,13,15-17H,6-7,10-12H2,1-2H3,(H,20,22)/t15-,16+,17+/m1/s1. The van der Waals surface area contributed by atoms with Gasteiger partial charge in [0, 0.05) is 12.3 Å². The molecule has 0 unspecified atom stereocenters. The van der Waals surface area contributed by atoms with Crippen LogP contribution in [0.25, 0.3) is 0 Å². The number of fused-ring (bicyclic) bond motifs is 1. The van der Waals surface area contributed by atoms with E-state index in [1.54, 1.807) is 0 Å². The first-order valence-electron chi connectivity index (χ1n) is 8.74. The molecule has 0 spiro atoms. The number of hydrogen-bond acceptors (Lipinski definition) is 2. The van der Waals surface area contributed by atoms with Crippen LogP contribution >= 0.6 is 0 Å². The van der Waals surface area contributed by atoms with Gasteiger partial charge in [0.2, 0.25) is 11.8 Å². The molecule has 2 aliphatic rings. The lowest BCUT2D eigenvalue weighted by Gasteiger charge is -2.34. The van der Waals surface area contributed by atoms with Crippen LogP contribution in [0.1, 0.15) is 57.6 Å². The third kappa shape index (κ3) is 3.26. The Bertz CT molecular complexity index is 570. The monoisotopic (exact) mass is 314 g/mol. The van der Waals surface area contributed by atoms with Crippen LogP contribution in [-0.2, 0) is 9.59 Å². The molecule has 0 radical (unpaired) electrons. The fourth-order valence-electron chi connectivity index (χ4n) is 3.94. The minimum absolute atomic E-state index is 0.0268. The first kappa shape index (κ1) is 16.0. The molecule has 1 aromatic rings. The summed E-state index contributed by atoms with van der Waals surface area (Å²) in [6.45, 7) is 3.92. The van der Waals surface area contributed by atoms with Crippen molar-refractivity contribution in [3.05, 3.63) is 35.9 Å². The van der Waals surface area contributed by atoms with Gasteiger partial charge < -0.3 is 10.2 Å². The zero-order valence-electron chi connectivity index (χ0n) is 14.0. The number of amides is 2. The van der Waals surface area contributed by atoms with Gasteiger partial charge in [0.15, 0.2) is 0 Å². The van der Waals surface area contributed by atoms with Gasteiger partial charge in [-0.2, -0.15) is 0 Å². The molecule has 3 rings (SSSR count).